The zero-order chi connectivity index (χ0) is 14.5. The van der Waals surface area contributed by atoms with Crippen molar-refractivity contribution >= 4 is 11.9 Å². The van der Waals surface area contributed by atoms with Gasteiger partial charge >= 0.3 is 5.97 Å². The number of hydrogen-bond acceptors (Lipinski definition) is 6. The van der Waals surface area contributed by atoms with Crippen LogP contribution < -0.4 is 5.32 Å². The van der Waals surface area contributed by atoms with Gasteiger partial charge in [0.25, 0.3) is 0 Å². The molecule has 0 spiro atoms. The van der Waals surface area contributed by atoms with Crippen LogP contribution in [0.2, 0.25) is 0 Å². The van der Waals surface area contributed by atoms with E-state index in [2.05, 4.69) is 15.4 Å². The van der Waals surface area contributed by atoms with Gasteiger partial charge in [-0.15, -0.1) is 0 Å². The number of nitrogens with one attached hydrogen (secondary N) is 1. The number of piperazine rings is 1. The summed E-state index contributed by atoms with van der Waals surface area (Å²) in [6.45, 7) is 5.33. The van der Waals surface area contributed by atoms with E-state index in [-0.39, 0.29) is 11.9 Å². The zero-order valence-electron chi connectivity index (χ0n) is 11.7. The minimum absolute atomic E-state index is 0.157. The number of esters is 1. The van der Waals surface area contributed by atoms with Crippen molar-refractivity contribution in [2.75, 3.05) is 26.2 Å². The van der Waals surface area contributed by atoms with Gasteiger partial charge in [0.05, 0.1) is 6.61 Å². The molecule has 1 saturated heterocycles. The number of rotatable bonds is 4. The molecule has 0 saturated carbocycles. The molecule has 20 heavy (non-hydrogen) atoms. The third-order valence-electron chi connectivity index (χ3n) is 3.28. The van der Waals surface area contributed by atoms with Crippen molar-refractivity contribution in [3.8, 4) is 0 Å². The Morgan fingerprint density at radius 2 is 2.35 bits per heavy atom. The molecule has 1 N–H and O–H groups in total. The fourth-order valence-corrected chi connectivity index (χ4v) is 2.19. The van der Waals surface area contributed by atoms with Crippen LogP contribution in [0.3, 0.4) is 0 Å². The maximum absolute atomic E-state index is 12.5. The summed E-state index contributed by atoms with van der Waals surface area (Å²) in [6, 6.07) is -1.07. The van der Waals surface area contributed by atoms with E-state index in [0.717, 1.165) is 0 Å². The average molecular weight is 281 g/mol. The predicted octanol–water partition coefficient (Wildman–Crippen LogP) is -0.797. The maximum Gasteiger partial charge on any atom is 0.330 e. The molecule has 1 aromatic heterocycles. The molecule has 0 aromatic carbocycles. The largest absolute Gasteiger partial charge is 0.464 e. The van der Waals surface area contributed by atoms with Crippen LogP contribution in [0.15, 0.2) is 12.7 Å². The van der Waals surface area contributed by atoms with Crippen molar-refractivity contribution < 1.29 is 14.3 Å². The van der Waals surface area contributed by atoms with Crippen molar-refractivity contribution in [3.63, 3.8) is 0 Å². The van der Waals surface area contributed by atoms with Crippen molar-refractivity contribution in [1.29, 1.82) is 0 Å². The van der Waals surface area contributed by atoms with E-state index in [1.54, 1.807) is 18.7 Å². The molecule has 2 rings (SSSR count). The van der Waals surface area contributed by atoms with Gasteiger partial charge in [-0.1, -0.05) is 0 Å². The second-order valence-electron chi connectivity index (χ2n) is 4.56. The van der Waals surface area contributed by atoms with Crippen LogP contribution in [0.5, 0.6) is 0 Å². The highest BCUT2D eigenvalue weighted by Gasteiger charge is 2.35. The second kappa shape index (κ2) is 6.47. The van der Waals surface area contributed by atoms with Gasteiger partial charge in [0.15, 0.2) is 0 Å². The highest BCUT2D eigenvalue weighted by molar-refractivity contribution is 5.87. The first kappa shape index (κ1) is 14.4. The molecule has 2 unspecified atom stereocenters. The summed E-state index contributed by atoms with van der Waals surface area (Å²) in [6.07, 6.45) is 2.87. The molecule has 1 fully saturated rings. The third kappa shape index (κ3) is 2.96. The molecule has 1 aliphatic rings. The van der Waals surface area contributed by atoms with Gasteiger partial charge in [-0.05, 0) is 13.8 Å². The molecule has 1 amide bonds. The van der Waals surface area contributed by atoms with Crippen LogP contribution in [0.1, 0.15) is 19.9 Å². The number of amides is 1. The van der Waals surface area contributed by atoms with Gasteiger partial charge in [0.1, 0.15) is 24.7 Å². The molecular formula is C12H19N5O3. The first-order chi connectivity index (χ1) is 9.65. The van der Waals surface area contributed by atoms with Crippen LogP contribution >= 0.6 is 0 Å². The first-order valence-electron chi connectivity index (χ1n) is 6.67. The van der Waals surface area contributed by atoms with Crippen LogP contribution in [-0.2, 0) is 14.3 Å². The highest BCUT2D eigenvalue weighted by atomic mass is 16.5. The maximum atomic E-state index is 12.5. The molecule has 0 bridgehead atoms. The van der Waals surface area contributed by atoms with E-state index in [4.69, 9.17) is 4.74 Å². The minimum atomic E-state index is -0.581. The second-order valence-corrected chi connectivity index (χ2v) is 4.56. The average Bonchev–Trinajstić information content (AvgIpc) is 3.00. The van der Waals surface area contributed by atoms with Gasteiger partial charge in [-0.2, -0.15) is 5.10 Å². The Kier molecular flexibility index (Phi) is 4.67. The molecule has 8 nitrogen and oxygen atoms in total. The molecule has 1 aromatic rings. The normalized spacial score (nSPS) is 20.5. The molecule has 110 valence electrons. The van der Waals surface area contributed by atoms with Gasteiger partial charge in [0, 0.05) is 19.6 Å². The standard InChI is InChI=1S/C12H19N5O3/c1-3-20-12(19)10-6-13-4-5-16(10)11(18)9(2)17-8-14-7-15-17/h7-10,13H,3-6H2,1-2H3. The topological polar surface area (TPSA) is 89.4 Å². The van der Waals surface area contributed by atoms with Crippen LogP contribution in [0.25, 0.3) is 0 Å². The highest BCUT2D eigenvalue weighted by Crippen LogP contribution is 2.13. The minimum Gasteiger partial charge on any atom is -0.464 e. The van der Waals surface area contributed by atoms with Crippen molar-refractivity contribution in [2.24, 2.45) is 0 Å². The van der Waals surface area contributed by atoms with Crippen molar-refractivity contribution in [2.45, 2.75) is 25.9 Å². The number of hydrogen-bond donors (Lipinski definition) is 1. The SMILES string of the molecule is CCOC(=O)C1CNCCN1C(=O)C(C)n1cncn1. The lowest BCUT2D eigenvalue weighted by Gasteiger charge is -2.35. The number of carbonyl (C=O) groups excluding carboxylic acids is 2. The fourth-order valence-electron chi connectivity index (χ4n) is 2.19. The Morgan fingerprint density at radius 3 is 3.00 bits per heavy atom. The Morgan fingerprint density at radius 1 is 1.55 bits per heavy atom. The van der Waals surface area contributed by atoms with Crippen molar-refractivity contribution in [1.82, 2.24) is 25.0 Å². The Bertz CT molecular complexity index is 462. The summed E-state index contributed by atoms with van der Waals surface area (Å²) in [5, 5.41) is 7.07. The summed E-state index contributed by atoms with van der Waals surface area (Å²) < 4.78 is 6.50. The molecule has 0 aliphatic carbocycles. The lowest BCUT2D eigenvalue weighted by molar-refractivity contribution is -0.157. The van der Waals surface area contributed by atoms with Gasteiger partial charge < -0.3 is 15.0 Å². The van der Waals surface area contributed by atoms with Crippen LogP contribution in [-0.4, -0.2) is 63.8 Å². The zero-order valence-corrected chi connectivity index (χ0v) is 11.7. The van der Waals surface area contributed by atoms with E-state index in [0.29, 0.717) is 26.2 Å². The van der Waals surface area contributed by atoms with Crippen molar-refractivity contribution in [3.05, 3.63) is 12.7 Å². The molecular weight excluding hydrogens is 262 g/mol. The third-order valence-corrected chi connectivity index (χ3v) is 3.28. The summed E-state index contributed by atoms with van der Waals surface area (Å²) >= 11 is 0. The van der Waals surface area contributed by atoms with E-state index in [1.165, 1.54) is 17.3 Å². The van der Waals surface area contributed by atoms with E-state index < -0.39 is 12.1 Å². The summed E-state index contributed by atoms with van der Waals surface area (Å²) in [5.41, 5.74) is 0. The molecule has 0 radical (unpaired) electrons. The molecule has 2 atom stereocenters. The number of nitrogens with zero attached hydrogens (tertiary/aromatic N) is 4. The Balaban J connectivity index is 2.11. The fraction of sp³-hybridized carbons (Fsp3) is 0.667. The van der Waals surface area contributed by atoms with E-state index in [1.807, 2.05) is 0 Å². The first-order valence-corrected chi connectivity index (χ1v) is 6.67. The molecule has 8 heteroatoms. The Labute approximate surface area is 117 Å². The quantitative estimate of drug-likeness (QED) is 0.727. The van der Waals surface area contributed by atoms with Crippen LogP contribution in [0.4, 0.5) is 0 Å². The number of aromatic nitrogens is 3. The monoisotopic (exact) mass is 281 g/mol. The number of ether oxygens (including phenoxy) is 1. The van der Waals surface area contributed by atoms with E-state index >= 15 is 0 Å². The lowest BCUT2D eigenvalue weighted by atomic mass is 10.1. The predicted molar refractivity (Wildman–Crippen MR) is 69.7 cm³/mol. The Hall–Kier alpha value is -1.96. The van der Waals surface area contributed by atoms with Crippen LogP contribution in [0, 0.1) is 0 Å². The van der Waals surface area contributed by atoms with E-state index in [9.17, 15) is 9.59 Å². The molecule has 1 aliphatic heterocycles. The van der Waals surface area contributed by atoms with Gasteiger partial charge in [-0.3, -0.25) is 4.79 Å². The van der Waals surface area contributed by atoms with Gasteiger partial charge in [0.2, 0.25) is 5.91 Å². The molecule has 2 heterocycles. The summed E-state index contributed by atoms with van der Waals surface area (Å²) in [5.74, 6) is -0.533. The summed E-state index contributed by atoms with van der Waals surface area (Å²) in [4.78, 5) is 29.8. The summed E-state index contributed by atoms with van der Waals surface area (Å²) in [7, 11) is 0. The van der Waals surface area contributed by atoms with Gasteiger partial charge in [-0.25, -0.2) is 14.5 Å². The smallest absolute Gasteiger partial charge is 0.330 e. The number of carbonyl (C=O) groups is 2. The lowest BCUT2D eigenvalue weighted by Crippen LogP contribution is -2.58.